The van der Waals surface area contributed by atoms with Gasteiger partial charge in [-0.2, -0.15) is 0 Å². The first-order valence-electron chi connectivity index (χ1n) is 5.13. The number of carboxylic acids is 1. The molecule has 0 radical (unpaired) electrons. The van der Waals surface area contributed by atoms with Crippen molar-refractivity contribution in [2.24, 2.45) is 0 Å². The summed E-state index contributed by atoms with van der Waals surface area (Å²) in [7, 11) is 0. The van der Waals surface area contributed by atoms with E-state index in [4.69, 9.17) is 9.84 Å². The Morgan fingerprint density at radius 3 is 2.62 bits per heavy atom. The van der Waals surface area contributed by atoms with Crippen LogP contribution in [0.5, 0.6) is 0 Å². The number of aryl methyl sites for hydroxylation is 1. The Balaban J connectivity index is 2.21. The molecule has 0 aromatic heterocycles. The van der Waals surface area contributed by atoms with Gasteiger partial charge in [0.25, 0.3) is 0 Å². The van der Waals surface area contributed by atoms with E-state index in [1.54, 1.807) is 18.7 Å². The van der Waals surface area contributed by atoms with E-state index < -0.39 is 12.1 Å². The van der Waals surface area contributed by atoms with Crippen LogP contribution in [0.3, 0.4) is 0 Å². The minimum Gasteiger partial charge on any atom is -0.479 e. The van der Waals surface area contributed by atoms with E-state index in [0.29, 0.717) is 6.61 Å². The van der Waals surface area contributed by atoms with E-state index in [2.05, 4.69) is 24.3 Å². The van der Waals surface area contributed by atoms with Crippen molar-refractivity contribution < 1.29 is 14.6 Å². The average Bonchev–Trinajstić information content (AvgIpc) is 2.26. The summed E-state index contributed by atoms with van der Waals surface area (Å²) >= 11 is 1.66. The first-order valence-corrected chi connectivity index (χ1v) is 6.12. The maximum Gasteiger partial charge on any atom is 0.332 e. The fraction of sp³-hybridized carbons (Fsp3) is 0.417. The molecule has 0 aliphatic heterocycles. The Hall–Kier alpha value is -1.00. The predicted octanol–water partition coefficient (Wildman–Crippen LogP) is 2.58. The number of benzene rings is 1. The van der Waals surface area contributed by atoms with E-state index in [9.17, 15) is 4.79 Å². The Kier molecular flexibility index (Phi) is 5.35. The van der Waals surface area contributed by atoms with Crippen LogP contribution in [-0.4, -0.2) is 29.5 Å². The number of ether oxygens (including phenoxy) is 1. The second-order valence-corrected chi connectivity index (χ2v) is 4.68. The predicted molar refractivity (Wildman–Crippen MR) is 65.0 cm³/mol. The summed E-state index contributed by atoms with van der Waals surface area (Å²) in [5, 5.41) is 8.60. The smallest absolute Gasteiger partial charge is 0.332 e. The molecule has 16 heavy (non-hydrogen) atoms. The molecule has 1 N–H and O–H groups in total. The summed E-state index contributed by atoms with van der Waals surface area (Å²) in [4.78, 5) is 11.6. The molecule has 1 aromatic carbocycles. The minimum atomic E-state index is -0.916. The molecule has 1 unspecified atom stereocenters. The Labute approximate surface area is 99.8 Å². The zero-order chi connectivity index (χ0) is 12.0. The first kappa shape index (κ1) is 13.1. The molecule has 1 atom stereocenters. The van der Waals surface area contributed by atoms with E-state index >= 15 is 0 Å². The quantitative estimate of drug-likeness (QED) is 0.613. The Morgan fingerprint density at radius 2 is 2.06 bits per heavy atom. The van der Waals surface area contributed by atoms with Gasteiger partial charge in [-0.15, -0.1) is 11.8 Å². The number of hydrogen-bond donors (Lipinski definition) is 1. The minimum absolute atomic E-state index is 0.450. The molecule has 0 spiro atoms. The summed E-state index contributed by atoms with van der Waals surface area (Å²) in [5.41, 5.74) is 1.24. The number of carboxylic acid groups (broad SMARTS) is 1. The van der Waals surface area contributed by atoms with E-state index in [1.165, 1.54) is 10.5 Å². The number of aliphatic carboxylic acids is 1. The van der Waals surface area contributed by atoms with Crippen molar-refractivity contribution in [3.05, 3.63) is 29.8 Å². The number of carbonyl (C=O) groups is 1. The van der Waals surface area contributed by atoms with Crippen LogP contribution < -0.4 is 0 Å². The van der Waals surface area contributed by atoms with Gasteiger partial charge in [0.2, 0.25) is 0 Å². The lowest BCUT2D eigenvalue weighted by Gasteiger charge is -2.07. The molecule has 0 bridgehead atoms. The van der Waals surface area contributed by atoms with Crippen LogP contribution in [0.15, 0.2) is 29.2 Å². The van der Waals surface area contributed by atoms with Crippen LogP contribution in [0.4, 0.5) is 0 Å². The zero-order valence-corrected chi connectivity index (χ0v) is 10.3. The molecule has 88 valence electrons. The molecule has 0 aliphatic carbocycles. The Bertz CT molecular complexity index is 335. The summed E-state index contributed by atoms with van der Waals surface area (Å²) < 4.78 is 5.13. The van der Waals surface area contributed by atoms with Gasteiger partial charge in [-0.05, 0) is 26.0 Å². The third-order valence-electron chi connectivity index (χ3n) is 2.09. The molecular weight excluding hydrogens is 224 g/mol. The highest BCUT2D eigenvalue weighted by Gasteiger charge is 2.09. The van der Waals surface area contributed by atoms with E-state index in [1.807, 2.05) is 6.92 Å². The van der Waals surface area contributed by atoms with Crippen LogP contribution in [0.25, 0.3) is 0 Å². The fourth-order valence-corrected chi connectivity index (χ4v) is 1.83. The molecule has 0 saturated heterocycles. The van der Waals surface area contributed by atoms with Gasteiger partial charge in [0.05, 0.1) is 6.61 Å². The standard InChI is InChI=1S/C12H16O3S/c1-9-3-5-11(6-4-9)16-8-7-15-10(2)12(13)14/h3-6,10H,7-8H2,1-2H3,(H,13,14). The molecule has 0 heterocycles. The SMILES string of the molecule is Cc1ccc(SCCOC(C)C(=O)O)cc1. The lowest BCUT2D eigenvalue weighted by atomic mass is 10.2. The second kappa shape index (κ2) is 6.55. The highest BCUT2D eigenvalue weighted by Crippen LogP contribution is 2.17. The normalized spacial score (nSPS) is 12.4. The van der Waals surface area contributed by atoms with E-state index in [-0.39, 0.29) is 0 Å². The number of rotatable bonds is 6. The van der Waals surface area contributed by atoms with Gasteiger partial charge in [0.1, 0.15) is 0 Å². The summed E-state index contributed by atoms with van der Waals surface area (Å²) in [5.74, 6) is -0.152. The average molecular weight is 240 g/mol. The number of hydrogen-bond acceptors (Lipinski definition) is 3. The van der Waals surface area contributed by atoms with Gasteiger partial charge in [-0.25, -0.2) is 4.79 Å². The molecule has 3 nitrogen and oxygen atoms in total. The zero-order valence-electron chi connectivity index (χ0n) is 9.47. The molecule has 0 aliphatic rings. The Morgan fingerprint density at radius 1 is 1.44 bits per heavy atom. The summed E-state index contributed by atoms with van der Waals surface area (Å²) in [6, 6.07) is 8.23. The van der Waals surface area contributed by atoms with Gasteiger partial charge in [-0.1, -0.05) is 17.7 Å². The summed E-state index contributed by atoms with van der Waals surface area (Å²) in [6.07, 6.45) is -0.724. The molecule has 0 amide bonds. The topological polar surface area (TPSA) is 46.5 Å². The molecule has 0 saturated carbocycles. The van der Waals surface area contributed by atoms with Gasteiger partial charge in [0.15, 0.2) is 6.10 Å². The van der Waals surface area contributed by atoms with Crippen LogP contribution in [0.1, 0.15) is 12.5 Å². The fourth-order valence-electron chi connectivity index (χ4n) is 1.09. The van der Waals surface area contributed by atoms with Gasteiger partial charge >= 0.3 is 5.97 Å². The van der Waals surface area contributed by atoms with Gasteiger partial charge < -0.3 is 9.84 Å². The van der Waals surface area contributed by atoms with E-state index in [0.717, 1.165) is 5.75 Å². The van der Waals surface area contributed by atoms with Crippen molar-refractivity contribution in [2.45, 2.75) is 24.8 Å². The van der Waals surface area contributed by atoms with Crippen molar-refractivity contribution in [3.8, 4) is 0 Å². The van der Waals surface area contributed by atoms with Crippen LogP contribution in [0.2, 0.25) is 0 Å². The highest BCUT2D eigenvalue weighted by molar-refractivity contribution is 7.99. The molecular formula is C12H16O3S. The molecule has 0 fully saturated rings. The second-order valence-electron chi connectivity index (χ2n) is 3.51. The third kappa shape index (κ3) is 4.68. The van der Waals surface area contributed by atoms with Crippen molar-refractivity contribution in [3.63, 3.8) is 0 Å². The van der Waals surface area contributed by atoms with Crippen LogP contribution in [0, 0.1) is 6.92 Å². The van der Waals surface area contributed by atoms with Crippen molar-refractivity contribution >= 4 is 17.7 Å². The van der Waals surface area contributed by atoms with Crippen molar-refractivity contribution in [1.82, 2.24) is 0 Å². The maximum atomic E-state index is 10.5. The summed E-state index contributed by atoms with van der Waals surface area (Å²) in [6.45, 7) is 4.04. The largest absolute Gasteiger partial charge is 0.479 e. The molecule has 1 aromatic rings. The third-order valence-corrected chi connectivity index (χ3v) is 3.06. The maximum absolute atomic E-state index is 10.5. The molecule has 4 heteroatoms. The first-order chi connectivity index (χ1) is 7.59. The monoisotopic (exact) mass is 240 g/mol. The van der Waals surface area contributed by atoms with Gasteiger partial charge in [-0.3, -0.25) is 0 Å². The van der Waals surface area contributed by atoms with Crippen LogP contribution >= 0.6 is 11.8 Å². The van der Waals surface area contributed by atoms with Crippen LogP contribution in [-0.2, 0) is 9.53 Å². The lowest BCUT2D eigenvalue weighted by Crippen LogP contribution is -2.20. The highest BCUT2D eigenvalue weighted by atomic mass is 32.2. The van der Waals surface area contributed by atoms with Crippen molar-refractivity contribution in [2.75, 3.05) is 12.4 Å². The van der Waals surface area contributed by atoms with Gasteiger partial charge in [0, 0.05) is 10.6 Å². The number of thioether (sulfide) groups is 1. The molecule has 1 rings (SSSR count). The van der Waals surface area contributed by atoms with Crippen molar-refractivity contribution in [1.29, 1.82) is 0 Å². The lowest BCUT2D eigenvalue weighted by molar-refractivity contribution is -0.148.